The minimum atomic E-state index is -4.01. The zero-order chi connectivity index (χ0) is 17.0. The van der Waals surface area contributed by atoms with Crippen molar-refractivity contribution in [3.8, 4) is 11.5 Å². The summed E-state index contributed by atoms with van der Waals surface area (Å²) in [5, 5.41) is 0.294. The summed E-state index contributed by atoms with van der Waals surface area (Å²) in [5.74, 6) is 0.443. The molecule has 1 unspecified atom stereocenters. The van der Waals surface area contributed by atoms with Gasteiger partial charge in [-0.25, -0.2) is 0 Å². The molecule has 2 aromatic carbocycles. The van der Waals surface area contributed by atoms with Crippen molar-refractivity contribution in [2.45, 2.75) is 24.8 Å². The average molecular weight is 355 g/mol. The summed E-state index contributed by atoms with van der Waals surface area (Å²) < 4.78 is 35.0. The summed E-state index contributed by atoms with van der Waals surface area (Å²) in [7, 11) is -4.01. The van der Waals surface area contributed by atoms with Crippen LogP contribution in [-0.2, 0) is 14.9 Å². The molecule has 0 aliphatic heterocycles. The summed E-state index contributed by atoms with van der Waals surface area (Å²) in [4.78, 5) is 10.6. The molecule has 0 fully saturated rings. The Morgan fingerprint density at radius 1 is 1.13 bits per heavy atom. The molecule has 2 aromatic rings. The fourth-order valence-corrected chi connectivity index (χ4v) is 3.09. The van der Waals surface area contributed by atoms with Crippen LogP contribution < -0.4 is 8.92 Å². The summed E-state index contributed by atoms with van der Waals surface area (Å²) in [6.45, 7) is 3.34. The fourth-order valence-electron chi connectivity index (χ4n) is 1.87. The summed E-state index contributed by atoms with van der Waals surface area (Å²) in [5.41, 5.74) is 0.733. The number of halogens is 1. The third-order valence-corrected chi connectivity index (χ3v) is 4.31. The molecular weight excluding hydrogens is 340 g/mol. The minimum absolute atomic E-state index is 0.0461. The Balaban J connectivity index is 2.30. The average Bonchev–Trinajstić information content (AvgIpc) is 2.46. The van der Waals surface area contributed by atoms with Gasteiger partial charge < -0.3 is 8.92 Å². The van der Waals surface area contributed by atoms with Crippen molar-refractivity contribution in [2.75, 3.05) is 0 Å². The number of aryl methyl sites for hydroxylation is 1. The maximum atomic E-state index is 12.3. The minimum Gasteiger partial charge on any atom is -0.483 e. The number of aldehydes is 1. The van der Waals surface area contributed by atoms with Gasteiger partial charge in [0.05, 0.1) is 0 Å². The summed E-state index contributed by atoms with van der Waals surface area (Å²) in [6, 6.07) is 10.4. The first kappa shape index (κ1) is 17.3. The molecule has 0 spiro atoms. The van der Waals surface area contributed by atoms with Gasteiger partial charge in [0, 0.05) is 11.1 Å². The van der Waals surface area contributed by atoms with Crippen molar-refractivity contribution in [1.82, 2.24) is 0 Å². The number of rotatable bonds is 6. The van der Waals surface area contributed by atoms with Crippen LogP contribution in [0.2, 0.25) is 5.02 Å². The number of benzene rings is 2. The quantitative estimate of drug-likeness (QED) is 0.587. The molecule has 0 saturated heterocycles. The third kappa shape index (κ3) is 4.71. The lowest BCUT2D eigenvalue weighted by atomic mass is 10.2. The molecule has 0 saturated carbocycles. The fraction of sp³-hybridized carbons (Fsp3) is 0.188. The van der Waals surface area contributed by atoms with E-state index in [1.807, 2.05) is 0 Å². The van der Waals surface area contributed by atoms with Gasteiger partial charge in [-0.05, 0) is 49.7 Å². The van der Waals surface area contributed by atoms with E-state index in [0.29, 0.717) is 17.1 Å². The topological polar surface area (TPSA) is 69.7 Å². The molecule has 0 bridgehead atoms. The van der Waals surface area contributed by atoms with Crippen LogP contribution in [0.25, 0.3) is 0 Å². The van der Waals surface area contributed by atoms with Gasteiger partial charge in [-0.1, -0.05) is 17.7 Å². The second-order valence-electron chi connectivity index (χ2n) is 4.94. The molecular formula is C16H15ClO5S. The SMILES string of the molecule is Cc1cc(OC(C)C=O)cc(OS(=O)(=O)c2cccc(Cl)c2)c1. The predicted molar refractivity (Wildman–Crippen MR) is 86.6 cm³/mol. The van der Waals surface area contributed by atoms with E-state index in [9.17, 15) is 13.2 Å². The van der Waals surface area contributed by atoms with E-state index in [2.05, 4.69) is 0 Å². The molecule has 0 amide bonds. The number of hydrogen-bond donors (Lipinski definition) is 0. The molecule has 23 heavy (non-hydrogen) atoms. The van der Waals surface area contributed by atoms with Crippen LogP contribution in [0.5, 0.6) is 11.5 Å². The van der Waals surface area contributed by atoms with Crippen LogP contribution >= 0.6 is 11.6 Å². The molecule has 1 atom stereocenters. The van der Waals surface area contributed by atoms with Crippen LogP contribution in [0, 0.1) is 6.92 Å². The summed E-state index contributed by atoms with van der Waals surface area (Å²) in [6.07, 6.45) is 0.000148. The maximum absolute atomic E-state index is 12.3. The number of carbonyl (C=O) groups excluding carboxylic acids is 1. The standard InChI is InChI=1S/C16H15ClO5S/c1-11-6-14(21-12(2)10-18)9-15(7-11)22-23(19,20)16-5-3-4-13(17)8-16/h3-10,12H,1-2H3. The van der Waals surface area contributed by atoms with Gasteiger partial charge in [-0.2, -0.15) is 8.42 Å². The van der Waals surface area contributed by atoms with Crippen LogP contribution in [-0.4, -0.2) is 20.8 Å². The number of carbonyl (C=O) groups is 1. The Kier molecular flexibility index (Phi) is 5.28. The van der Waals surface area contributed by atoms with E-state index in [-0.39, 0.29) is 10.6 Å². The van der Waals surface area contributed by atoms with Crippen LogP contribution in [0.15, 0.2) is 47.4 Å². The Hall–Kier alpha value is -2.05. The van der Waals surface area contributed by atoms with Gasteiger partial charge in [0.25, 0.3) is 0 Å². The van der Waals surface area contributed by atoms with E-state index in [1.165, 1.54) is 24.3 Å². The van der Waals surface area contributed by atoms with Crippen LogP contribution in [0.4, 0.5) is 0 Å². The van der Waals surface area contributed by atoms with Crippen molar-refractivity contribution in [2.24, 2.45) is 0 Å². The zero-order valence-electron chi connectivity index (χ0n) is 12.5. The van der Waals surface area contributed by atoms with Crippen molar-refractivity contribution < 1.29 is 22.1 Å². The molecule has 0 N–H and O–H groups in total. The Labute approximate surface area is 139 Å². The van der Waals surface area contributed by atoms with E-state index < -0.39 is 16.2 Å². The van der Waals surface area contributed by atoms with E-state index in [1.54, 1.807) is 32.0 Å². The molecule has 0 heterocycles. The smallest absolute Gasteiger partial charge is 0.339 e. The van der Waals surface area contributed by atoms with E-state index >= 15 is 0 Å². The first-order valence-electron chi connectivity index (χ1n) is 6.74. The molecule has 7 heteroatoms. The van der Waals surface area contributed by atoms with Gasteiger partial charge in [-0.15, -0.1) is 0 Å². The van der Waals surface area contributed by atoms with Crippen molar-refractivity contribution in [1.29, 1.82) is 0 Å². The lowest BCUT2D eigenvalue weighted by molar-refractivity contribution is -0.113. The first-order valence-corrected chi connectivity index (χ1v) is 8.52. The van der Waals surface area contributed by atoms with Gasteiger partial charge in [-0.3, -0.25) is 4.79 Å². The van der Waals surface area contributed by atoms with Gasteiger partial charge in [0.2, 0.25) is 0 Å². The van der Waals surface area contributed by atoms with Gasteiger partial charge in [0.1, 0.15) is 16.4 Å². The van der Waals surface area contributed by atoms with E-state index in [4.69, 9.17) is 20.5 Å². The highest BCUT2D eigenvalue weighted by molar-refractivity contribution is 7.87. The Morgan fingerprint density at radius 2 is 1.83 bits per heavy atom. The Morgan fingerprint density at radius 3 is 2.48 bits per heavy atom. The van der Waals surface area contributed by atoms with Crippen molar-refractivity contribution in [3.63, 3.8) is 0 Å². The first-order chi connectivity index (χ1) is 10.8. The van der Waals surface area contributed by atoms with E-state index in [0.717, 1.165) is 5.56 Å². The molecule has 5 nitrogen and oxygen atoms in total. The molecule has 0 radical (unpaired) electrons. The largest absolute Gasteiger partial charge is 0.483 e. The van der Waals surface area contributed by atoms with Crippen LogP contribution in [0.3, 0.4) is 0 Å². The van der Waals surface area contributed by atoms with Gasteiger partial charge >= 0.3 is 10.1 Å². The molecule has 0 aliphatic carbocycles. The van der Waals surface area contributed by atoms with Gasteiger partial charge in [0.15, 0.2) is 12.4 Å². The Bertz CT molecular complexity index is 817. The number of ether oxygens (including phenoxy) is 1. The molecule has 2 rings (SSSR count). The van der Waals surface area contributed by atoms with Crippen molar-refractivity contribution >= 4 is 28.0 Å². The van der Waals surface area contributed by atoms with Crippen LogP contribution in [0.1, 0.15) is 12.5 Å². The molecule has 0 aromatic heterocycles. The lowest BCUT2D eigenvalue weighted by Gasteiger charge is -2.12. The lowest BCUT2D eigenvalue weighted by Crippen LogP contribution is -2.13. The normalized spacial score (nSPS) is 12.5. The second kappa shape index (κ2) is 7.02. The highest BCUT2D eigenvalue weighted by Gasteiger charge is 2.18. The highest BCUT2D eigenvalue weighted by Crippen LogP contribution is 2.27. The monoisotopic (exact) mass is 354 g/mol. The zero-order valence-corrected chi connectivity index (χ0v) is 14.1. The predicted octanol–water partition coefficient (Wildman–Crippen LogP) is 3.38. The highest BCUT2D eigenvalue weighted by atomic mass is 35.5. The summed E-state index contributed by atoms with van der Waals surface area (Å²) >= 11 is 5.80. The number of hydrogen-bond acceptors (Lipinski definition) is 5. The molecule has 122 valence electrons. The second-order valence-corrected chi connectivity index (χ2v) is 6.92. The maximum Gasteiger partial charge on any atom is 0.339 e. The van der Waals surface area contributed by atoms with Crippen molar-refractivity contribution in [3.05, 3.63) is 53.1 Å². The third-order valence-electron chi connectivity index (χ3n) is 2.83. The molecule has 0 aliphatic rings.